The Labute approximate surface area is 62.3 Å². The number of imidazole rings is 1. The molecule has 0 saturated heterocycles. The molecule has 2 N–H and O–H groups in total. The van der Waals surface area contributed by atoms with E-state index in [-0.39, 0.29) is 18.2 Å². The zero-order valence-corrected chi connectivity index (χ0v) is 6.00. The molecule has 0 aliphatic carbocycles. The summed E-state index contributed by atoms with van der Waals surface area (Å²) in [6, 6.07) is 0. The molecule has 5 nitrogen and oxygen atoms in total. The van der Waals surface area contributed by atoms with E-state index in [0.717, 1.165) is 10.8 Å². The molecule has 0 spiro atoms. The van der Waals surface area contributed by atoms with Gasteiger partial charge in [0, 0.05) is 6.42 Å². The van der Waals surface area contributed by atoms with Gasteiger partial charge in [-0.25, -0.2) is 9.36 Å². The third kappa shape index (κ3) is 1.31. The maximum atomic E-state index is 10.9. The lowest BCUT2D eigenvalue weighted by atomic mass is 10.4. The van der Waals surface area contributed by atoms with Gasteiger partial charge in [-0.2, -0.15) is 0 Å². The lowest BCUT2D eigenvalue weighted by Crippen LogP contribution is -2.22. The molecule has 0 aromatic carbocycles. The molecule has 60 valence electrons. The van der Waals surface area contributed by atoms with E-state index in [4.69, 9.17) is 5.11 Å². The summed E-state index contributed by atoms with van der Waals surface area (Å²) in [5.41, 5.74) is -0.602. The second kappa shape index (κ2) is 2.61. The first kappa shape index (κ1) is 7.59. The van der Waals surface area contributed by atoms with Crippen LogP contribution in [0, 0.1) is 0 Å². The Morgan fingerprint density at radius 2 is 2.45 bits per heavy atom. The van der Waals surface area contributed by atoms with Crippen molar-refractivity contribution in [2.24, 2.45) is 0 Å². The topological polar surface area (TPSA) is 75.1 Å². The van der Waals surface area contributed by atoms with E-state index in [0.29, 0.717) is 0 Å². The standard InChI is InChI=1S/C6H8N2O3/c1-2-5(10)8-3-4(9)7-6(8)11/h3,9H,2H2,1H3,(H,7,11). The monoisotopic (exact) mass is 156 g/mol. The van der Waals surface area contributed by atoms with Gasteiger partial charge in [-0.05, 0) is 0 Å². The number of aromatic amines is 1. The highest BCUT2D eigenvalue weighted by atomic mass is 16.3. The molecule has 0 saturated carbocycles. The zero-order chi connectivity index (χ0) is 8.43. The van der Waals surface area contributed by atoms with Crippen LogP contribution in [0.2, 0.25) is 0 Å². The number of rotatable bonds is 1. The molecular formula is C6H8N2O3. The van der Waals surface area contributed by atoms with Crippen LogP contribution in [0.5, 0.6) is 5.88 Å². The van der Waals surface area contributed by atoms with Crippen LogP contribution in [-0.4, -0.2) is 20.6 Å². The summed E-state index contributed by atoms with van der Waals surface area (Å²) in [7, 11) is 0. The number of carbonyl (C=O) groups excluding carboxylic acids is 1. The molecule has 1 heterocycles. The second-order valence-corrected chi connectivity index (χ2v) is 2.06. The molecule has 0 bridgehead atoms. The molecule has 0 unspecified atom stereocenters. The van der Waals surface area contributed by atoms with Gasteiger partial charge in [0.1, 0.15) is 0 Å². The Kier molecular flexibility index (Phi) is 1.80. The molecule has 0 amide bonds. The fourth-order valence-corrected chi connectivity index (χ4v) is 0.739. The predicted molar refractivity (Wildman–Crippen MR) is 37.6 cm³/mol. The summed E-state index contributed by atoms with van der Waals surface area (Å²) in [6.07, 6.45) is 1.30. The van der Waals surface area contributed by atoms with Gasteiger partial charge in [0.15, 0.2) is 0 Å². The Bertz CT molecular complexity index is 323. The van der Waals surface area contributed by atoms with E-state index in [1.54, 1.807) is 6.92 Å². The molecule has 1 aromatic rings. The van der Waals surface area contributed by atoms with Gasteiger partial charge in [0.2, 0.25) is 11.8 Å². The lowest BCUT2D eigenvalue weighted by molar-refractivity contribution is 0.0904. The Balaban J connectivity index is 3.13. The van der Waals surface area contributed by atoms with E-state index in [1.165, 1.54) is 0 Å². The maximum absolute atomic E-state index is 10.9. The van der Waals surface area contributed by atoms with Crippen molar-refractivity contribution in [3.63, 3.8) is 0 Å². The van der Waals surface area contributed by atoms with Gasteiger partial charge in [-0.3, -0.25) is 9.78 Å². The number of aromatic nitrogens is 2. The van der Waals surface area contributed by atoms with E-state index in [2.05, 4.69) is 4.98 Å². The molecule has 0 radical (unpaired) electrons. The van der Waals surface area contributed by atoms with Crippen molar-refractivity contribution in [2.45, 2.75) is 13.3 Å². The fourth-order valence-electron chi connectivity index (χ4n) is 0.739. The molecule has 0 fully saturated rings. The van der Waals surface area contributed by atoms with Crippen molar-refractivity contribution in [1.82, 2.24) is 9.55 Å². The van der Waals surface area contributed by atoms with Crippen molar-refractivity contribution in [3.8, 4) is 5.88 Å². The highest BCUT2D eigenvalue weighted by Crippen LogP contribution is 1.97. The second-order valence-electron chi connectivity index (χ2n) is 2.06. The summed E-state index contributed by atoms with van der Waals surface area (Å²) in [4.78, 5) is 23.7. The number of carbonyl (C=O) groups is 1. The predicted octanol–water partition coefficient (Wildman–Crippen LogP) is -0.0678. The third-order valence-electron chi connectivity index (χ3n) is 1.28. The van der Waals surface area contributed by atoms with E-state index in [1.807, 2.05) is 0 Å². The van der Waals surface area contributed by atoms with E-state index < -0.39 is 5.69 Å². The summed E-state index contributed by atoms with van der Waals surface area (Å²) in [5.74, 6) is -0.636. The van der Waals surface area contributed by atoms with Crippen molar-refractivity contribution < 1.29 is 9.90 Å². The largest absolute Gasteiger partial charge is 0.493 e. The highest BCUT2D eigenvalue weighted by Gasteiger charge is 2.06. The third-order valence-corrected chi connectivity index (χ3v) is 1.28. The van der Waals surface area contributed by atoms with Crippen LogP contribution in [0.3, 0.4) is 0 Å². The normalized spacial score (nSPS) is 9.91. The number of hydrogen-bond donors (Lipinski definition) is 2. The molecule has 0 aliphatic heterocycles. The SMILES string of the molecule is CCC(=O)n1cc(O)[nH]c1=O. The quantitative estimate of drug-likeness (QED) is 0.597. The fraction of sp³-hybridized carbons (Fsp3) is 0.333. The van der Waals surface area contributed by atoms with Crippen LogP contribution < -0.4 is 5.69 Å². The highest BCUT2D eigenvalue weighted by molar-refractivity contribution is 5.78. The van der Waals surface area contributed by atoms with Crippen molar-refractivity contribution in [1.29, 1.82) is 0 Å². The summed E-state index contributed by atoms with van der Waals surface area (Å²) >= 11 is 0. The van der Waals surface area contributed by atoms with Crippen LogP contribution in [0.4, 0.5) is 0 Å². The first-order valence-corrected chi connectivity index (χ1v) is 3.19. The van der Waals surface area contributed by atoms with Crippen molar-refractivity contribution in [2.75, 3.05) is 0 Å². The molecule has 0 aliphatic rings. The van der Waals surface area contributed by atoms with E-state index >= 15 is 0 Å². The number of aromatic hydroxyl groups is 1. The van der Waals surface area contributed by atoms with Crippen molar-refractivity contribution >= 4 is 5.91 Å². The Morgan fingerprint density at radius 1 is 1.82 bits per heavy atom. The number of nitrogens with one attached hydrogen (secondary N) is 1. The minimum atomic E-state index is -0.602. The molecule has 11 heavy (non-hydrogen) atoms. The number of H-pyrrole nitrogens is 1. The van der Waals surface area contributed by atoms with Gasteiger partial charge in [0.25, 0.3) is 0 Å². The van der Waals surface area contributed by atoms with Crippen molar-refractivity contribution in [3.05, 3.63) is 16.7 Å². The number of nitrogens with zero attached hydrogens (tertiary/aromatic N) is 1. The van der Waals surface area contributed by atoms with Crippen LogP contribution >= 0.6 is 0 Å². The van der Waals surface area contributed by atoms with Crippen LogP contribution in [0.15, 0.2) is 11.0 Å². The van der Waals surface area contributed by atoms with Crippen LogP contribution in [0.1, 0.15) is 18.1 Å². The average Bonchev–Trinajstić information content (AvgIpc) is 2.28. The summed E-state index contributed by atoms with van der Waals surface area (Å²) in [6.45, 7) is 1.64. The molecule has 1 aromatic heterocycles. The summed E-state index contributed by atoms with van der Waals surface area (Å²) < 4.78 is 0.843. The van der Waals surface area contributed by atoms with Gasteiger partial charge >= 0.3 is 5.69 Å². The Morgan fingerprint density at radius 3 is 2.82 bits per heavy atom. The summed E-state index contributed by atoms with van der Waals surface area (Å²) in [5, 5.41) is 8.75. The smallest absolute Gasteiger partial charge is 0.335 e. The molecular weight excluding hydrogens is 148 g/mol. The van der Waals surface area contributed by atoms with Crippen LogP contribution in [0.25, 0.3) is 0 Å². The maximum Gasteiger partial charge on any atom is 0.335 e. The Hall–Kier alpha value is -1.52. The van der Waals surface area contributed by atoms with Crippen LogP contribution in [-0.2, 0) is 0 Å². The first-order valence-electron chi connectivity index (χ1n) is 3.19. The minimum Gasteiger partial charge on any atom is -0.493 e. The van der Waals surface area contributed by atoms with Gasteiger partial charge < -0.3 is 5.11 Å². The minimum absolute atomic E-state index is 0.233. The number of hydrogen-bond acceptors (Lipinski definition) is 3. The molecule has 0 atom stereocenters. The average molecular weight is 156 g/mol. The van der Waals surface area contributed by atoms with E-state index in [9.17, 15) is 9.59 Å². The van der Waals surface area contributed by atoms with Gasteiger partial charge in [0.05, 0.1) is 6.20 Å². The van der Waals surface area contributed by atoms with Gasteiger partial charge in [-0.1, -0.05) is 6.92 Å². The first-order chi connectivity index (χ1) is 5.15. The molecule has 5 heteroatoms. The van der Waals surface area contributed by atoms with Gasteiger partial charge in [-0.15, -0.1) is 0 Å². The lowest BCUT2D eigenvalue weighted by Gasteiger charge is -1.91. The zero-order valence-electron chi connectivity index (χ0n) is 6.00. The molecule has 1 rings (SSSR count).